The van der Waals surface area contributed by atoms with Crippen LogP contribution in [0.2, 0.25) is 0 Å². The van der Waals surface area contributed by atoms with Gasteiger partial charge in [-0.25, -0.2) is 0 Å². The van der Waals surface area contributed by atoms with E-state index in [1.54, 1.807) is 12.3 Å². The SMILES string of the molecule is CO[C@H]1CCN(C(=O)c2ccoc2C)[C@@H]2CN(CC3CC3)C[C@H]12. The second kappa shape index (κ2) is 5.95. The van der Waals surface area contributed by atoms with Gasteiger partial charge in [0, 0.05) is 39.2 Å². The number of methoxy groups -OCH3 is 1. The van der Waals surface area contributed by atoms with Gasteiger partial charge in [0.2, 0.25) is 0 Å². The molecule has 3 fully saturated rings. The summed E-state index contributed by atoms with van der Waals surface area (Å²) in [5.41, 5.74) is 0.709. The van der Waals surface area contributed by atoms with E-state index in [9.17, 15) is 4.79 Å². The molecule has 126 valence electrons. The average molecular weight is 318 g/mol. The Hall–Kier alpha value is -1.33. The molecule has 1 aromatic rings. The fourth-order valence-corrected chi connectivity index (χ4v) is 4.36. The minimum Gasteiger partial charge on any atom is -0.469 e. The van der Waals surface area contributed by atoms with Gasteiger partial charge in [-0.2, -0.15) is 0 Å². The second-order valence-corrected chi connectivity index (χ2v) is 7.34. The first kappa shape index (κ1) is 15.2. The molecule has 2 saturated heterocycles. The van der Waals surface area contributed by atoms with Gasteiger partial charge in [-0.1, -0.05) is 0 Å². The zero-order valence-corrected chi connectivity index (χ0v) is 14.0. The maximum absolute atomic E-state index is 13.0. The van der Waals surface area contributed by atoms with Gasteiger partial charge < -0.3 is 19.0 Å². The lowest BCUT2D eigenvalue weighted by Gasteiger charge is -2.41. The molecule has 0 bridgehead atoms. The predicted molar refractivity (Wildman–Crippen MR) is 86.3 cm³/mol. The minimum atomic E-state index is 0.120. The van der Waals surface area contributed by atoms with Crippen molar-refractivity contribution in [2.45, 2.75) is 38.3 Å². The average Bonchev–Trinajstić information content (AvgIpc) is 3.08. The summed E-state index contributed by atoms with van der Waals surface area (Å²) in [6.07, 6.45) is 5.55. The van der Waals surface area contributed by atoms with E-state index >= 15 is 0 Å². The highest BCUT2D eigenvalue weighted by molar-refractivity contribution is 5.95. The van der Waals surface area contributed by atoms with Crippen LogP contribution in [0, 0.1) is 18.8 Å². The van der Waals surface area contributed by atoms with Crippen LogP contribution in [0.3, 0.4) is 0 Å². The number of furan rings is 1. The van der Waals surface area contributed by atoms with E-state index < -0.39 is 0 Å². The summed E-state index contributed by atoms with van der Waals surface area (Å²) in [5, 5.41) is 0. The van der Waals surface area contributed by atoms with Gasteiger partial charge in [-0.05, 0) is 38.2 Å². The lowest BCUT2D eigenvalue weighted by molar-refractivity contribution is -0.0157. The van der Waals surface area contributed by atoms with Crippen LogP contribution in [0.4, 0.5) is 0 Å². The molecule has 1 aromatic heterocycles. The van der Waals surface area contributed by atoms with Crippen molar-refractivity contribution in [2.24, 2.45) is 11.8 Å². The van der Waals surface area contributed by atoms with Crippen LogP contribution in [0.1, 0.15) is 35.4 Å². The monoisotopic (exact) mass is 318 g/mol. The van der Waals surface area contributed by atoms with Gasteiger partial charge >= 0.3 is 0 Å². The van der Waals surface area contributed by atoms with Crippen LogP contribution in [-0.2, 0) is 4.74 Å². The largest absolute Gasteiger partial charge is 0.469 e. The van der Waals surface area contributed by atoms with E-state index in [0.29, 0.717) is 17.2 Å². The van der Waals surface area contributed by atoms with E-state index in [4.69, 9.17) is 9.15 Å². The van der Waals surface area contributed by atoms with Gasteiger partial charge in [-0.15, -0.1) is 0 Å². The molecule has 2 aliphatic heterocycles. The molecule has 0 radical (unpaired) electrons. The molecule has 23 heavy (non-hydrogen) atoms. The van der Waals surface area contributed by atoms with Gasteiger partial charge in [0.1, 0.15) is 5.76 Å². The highest BCUT2D eigenvalue weighted by atomic mass is 16.5. The topological polar surface area (TPSA) is 45.9 Å². The first-order valence-corrected chi connectivity index (χ1v) is 8.77. The van der Waals surface area contributed by atoms with E-state index in [1.165, 1.54) is 19.4 Å². The summed E-state index contributed by atoms with van der Waals surface area (Å²) in [4.78, 5) is 17.6. The molecule has 3 aliphatic rings. The number of carbonyl (C=O) groups is 1. The molecule has 0 N–H and O–H groups in total. The summed E-state index contributed by atoms with van der Waals surface area (Å²) >= 11 is 0. The predicted octanol–water partition coefficient (Wildman–Crippen LogP) is 2.16. The van der Waals surface area contributed by atoms with Crippen LogP contribution in [-0.4, -0.2) is 61.1 Å². The highest BCUT2D eigenvalue weighted by Gasteiger charge is 2.47. The summed E-state index contributed by atoms with van der Waals surface area (Å²) in [7, 11) is 1.81. The molecule has 0 unspecified atom stereocenters. The van der Waals surface area contributed by atoms with Gasteiger partial charge in [0.25, 0.3) is 5.91 Å². The number of hydrogen-bond acceptors (Lipinski definition) is 4. The number of piperidine rings is 1. The Balaban J connectivity index is 1.53. The molecule has 1 aliphatic carbocycles. The second-order valence-electron chi connectivity index (χ2n) is 7.34. The van der Waals surface area contributed by atoms with Crippen molar-refractivity contribution in [3.63, 3.8) is 0 Å². The number of nitrogens with zero attached hydrogens (tertiary/aromatic N) is 2. The van der Waals surface area contributed by atoms with E-state index in [-0.39, 0.29) is 18.1 Å². The maximum Gasteiger partial charge on any atom is 0.257 e. The Bertz CT molecular complexity index is 581. The third-order valence-electron chi connectivity index (χ3n) is 5.81. The van der Waals surface area contributed by atoms with Gasteiger partial charge in [-0.3, -0.25) is 4.79 Å². The number of likely N-dealkylation sites (tertiary alicyclic amines) is 2. The molecular weight excluding hydrogens is 292 g/mol. The van der Waals surface area contributed by atoms with Crippen molar-refractivity contribution in [3.8, 4) is 0 Å². The zero-order chi connectivity index (χ0) is 16.0. The number of aryl methyl sites for hydroxylation is 1. The van der Waals surface area contributed by atoms with Crippen LogP contribution in [0.25, 0.3) is 0 Å². The number of hydrogen-bond donors (Lipinski definition) is 0. The molecule has 4 rings (SSSR count). The maximum atomic E-state index is 13.0. The smallest absolute Gasteiger partial charge is 0.257 e. The number of fused-ring (bicyclic) bond motifs is 1. The third kappa shape index (κ3) is 2.81. The van der Waals surface area contributed by atoms with Crippen molar-refractivity contribution in [1.29, 1.82) is 0 Å². The molecule has 3 heterocycles. The zero-order valence-electron chi connectivity index (χ0n) is 14.0. The quantitative estimate of drug-likeness (QED) is 0.853. The standard InChI is InChI=1S/C18H26N2O3/c1-12-14(6-8-23-12)18(21)20-7-5-17(22-2)15-10-19(11-16(15)20)9-13-3-4-13/h6,8,13,15-17H,3-5,7,9-11H2,1-2H3/t15-,16+,17-/m0/s1. The molecular formula is C18H26N2O3. The van der Waals surface area contributed by atoms with Crippen molar-refractivity contribution < 1.29 is 13.9 Å². The Morgan fingerprint density at radius 2 is 2.17 bits per heavy atom. The number of carbonyl (C=O) groups excluding carboxylic acids is 1. The molecule has 5 nitrogen and oxygen atoms in total. The Kier molecular flexibility index (Phi) is 3.93. The Morgan fingerprint density at radius 1 is 1.35 bits per heavy atom. The fourth-order valence-electron chi connectivity index (χ4n) is 4.36. The Labute approximate surface area is 137 Å². The van der Waals surface area contributed by atoms with Crippen molar-refractivity contribution in [1.82, 2.24) is 9.80 Å². The minimum absolute atomic E-state index is 0.120. The van der Waals surface area contributed by atoms with Gasteiger partial charge in [0.05, 0.1) is 24.0 Å². The Morgan fingerprint density at radius 3 is 2.83 bits per heavy atom. The molecule has 1 amide bonds. The van der Waals surface area contributed by atoms with E-state index in [0.717, 1.165) is 32.0 Å². The van der Waals surface area contributed by atoms with Crippen LogP contribution < -0.4 is 0 Å². The van der Waals surface area contributed by atoms with Crippen LogP contribution >= 0.6 is 0 Å². The summed E-state index contributed by atoms with van der Waals surface area (Å²) in [5.74, 6) is 2.15. The number of amides is 1. The lowest BCUT2D eigenvalue weighted by Crippen LogP contribution is -2.53. The van der Waals surface area contributed by atoms with Crippen LogP contribution in [0.5, 0.6) is 0 Å². The van der Waals surface area contributed by atoms with Gasteiger partial charge in [0.15, 0.2) is 0 Å². The van der Waals surface area contributed by atoms with Crippen molar-refractivity contribution in [3.05, 3.63) is 23.7 Å². The van der Waals surface area contributed by atoms with Crippen LogP contribution in [0.15, 0.2) is 16.7 Å². The number of rotatable bonds is 4. The summed E-state index contributed by atoms with van der Waals surface area (Å²) in [6, 6.07) is 2.07. The molecule has 3 atom stereocenters. The van der Waals surface area contributed by atoms with E-state index in [1.807, 2.05) is 14.0 Å². The molecule has 1 saturated carbocycles. The van der Waals surface area contributed by atoms with E-state index in [2.05, 4.69) is 9.80 Å². The third-order valence-corrected chi connectivity index (χ3v) is 5.81. The molecule has 5 heteroatoms. The normalized spacial score (nSPS) is 31.4. The molecule has 0 spiro atoms. The lowest BCUT2D eigenvalue weighted by atomic mass is 9.88. The number of ether oxygens (including phenoxy) is 1. The van der Waals surface area contributed by atoms with Crippen molar-refractivity contribution >= 4 is 5.91 Å². The first-order chi connectivity index (χ1) is 11.2. The molecule has 0 aromatic carbocycles. The summed E-state index contributed by atoms with van der Waals surface area (Å²) < 4.78 is 11.1. The fraction of sp³-hybridized carbons (Fsp3) is 0.722. The van der Waals surface area contributed by atoms with Crippen molar-refractivity contribution in [2.75, 3.05) is 33.3 Å². The first-order valence-electron chi connectivity index (χ1n) is 8.77. The highest BCUT2D eigenvalue weighted by Crippen LogP contribution is 2.37. The summed E-state index contributed by atoms with van der Waals surface area (Å²) in [6.45, 7) is 5.88.